The lowest BCUT2D eigenvalue weighted by atomic mass is 10.3. The Balaban J connectivity index is 1.59. The highest BCUT2D eigenvalue weighted by Gasteiger charge is 2.07. The van der Waals surface area contributed by atoms with E-state index < -0.39 is 0 Å². The fraction of sp³-hybridized carbons (Fsp3) is 0.0588. The number of rotatable bonds is 5. The number of halogens is 1. The standard InChI is InChI=1S/C17H14ClN5O/c18-14-3-5-15(6-4-14)23-16(24)13-10-21-17(22-11-13)20-9-12-2-1-7-19-8-12/h1-8,10-11H,9H2,(H,23,24)(H,20,21,22). The molecule has 0 aliphatic carbocycles. The fourth-order valence-corrected chi connectivity index (χ4v) is 2.08. The van der Waals surface area contributed by atoms with Crippen LogP contribution in [-0.4, -0.2) is 20.9 Å². The number of hydrogen-bond acceptors (Lipinski definition) is 5. The average molecular weight is 340 g/mol. The van der Waals surface area contributed by atoms with Gasteiger partial charge in [-0.2, -0.15) is 0 Å². The van der Waals surface area contributed by atoms with E-state index >= 15 is 0 Å². The van der Waals surface area contributed by atoms with Crippen LogP contribution in [0.15, 0.2) is 61.2 Å². The zero-order valence-electron chi connectivity index (χ0n) is 12.6. The summed E-state index contributed by atoms with van der Waals surface area (Å²) in [4.78, 5) is 24.5. The van der Waals surface area contributed by atoms with E-state index in [1.807, 2.05) is 12.1 Å². The molecule has 0 aliphatic heterocycles. The summed E-state index contributed by atoms with van der Waals surface area (Å²) in [6.07, 6.45) is 6.43. The number of benzene rings is 1. The molecule has 0 aliphatic rings. The Kier molecular flexibility index (Phi) is 4.98. The molecule has 0 radical (unpaired) electrons. The van der Waals surface area contributed by atoms with Gasteiger partial charge in [0.25, 0.3) is 5.91 Å². The lowest BCUT2D eigenvalue weighted by molar-refractivity contribution is 0.102. The van der Waals surface area contributed by atoms with E-state index in [1.165, 1.54) is 12.4 Å². The highest BCUT2D eigenvalue weighted by Crippen LogP contribution is 2.14. The Labute approximate surface area is 143 Å². The first-order valence-corrected chi connectivity index (χ1v) is 7.60. The maximum Gasteiger partial charge on any atom is 0.258 e. The first-order chi connectivity index (χ1) is 11.7. The van der Waals surface area contributed by atoms with Crippen molar-refractivity contribution in [3.63, 3.8) is 0 Å². The lowest BCUT2D eigenvalue weighted by Gasteiger charge is -2.07. The van der Waals surface area contributed by atoms with Gasteiger partial charge in [0.15, 0.2) is 0 Å². The average Bonchev–Trinajstić information content (AvgIpc) is 2.63. The van der Waals surface area contributed by atoms with Crippen LogP contribution in [0, 0.1) is 0 Å². The van der Waals surface area contributed by atoms with Crippen molar-refractivity contribution in [2.45, 2.75) is 6.54 Å². The van der Waals surface area contributed by atoms with E-state index in [0.29, 0.717) is 28.8 Å². The predicted molar refractivity (Wildman–Crippen MR) is 93.0 cm³/mol. The summed E-state index contributed by atoms with van der Waals surface area (Å²) >= 11 is 5.81. The molecule has 7 heteroatoms. The van der Waals surface area contributed by atoms with Crippen molar-refractivity contribution in [2.75, 3.05) is 10.6 Å². The Morgan fingerprint density at radius 1 is 1.04 bits per heavy atom. The fourth-order valence-electron chi connectivity index (χ4n) is 1.96. The third-order valence-corrected chi connectivity index (χ3v) is 3.44. The van der Waals surface area contributed by atoms with Gasteiger partial charge in [-0.15, -0.1) is 0 Å². The zero-order valence-corrected chi connectivity index (χ0v) is 13.4. The molecule has 0 fully saturated rings. The zero-order chi connectivity index (χ0) is 16.8. The summed E-state index contributed by atoms with van der Waals surface area (Å²) in [6.45, 7) is 0.560. The smallest absolute Gasteiger partial charge is 0.258 e. The van der Waals surface area contributed by atoms with Gasteiger partial charge in [0, 0.05) is 42.0 Å². The van der Waals surface area contributed by atoms with E-state index in [1.54, 1.807) is 36.7 Å². The summed E-state index contributed by atoms with van der Waals surface area (Å²) in [7, 11) is 0. The first kappa shape index (κ1) is 15.9. The van der Waals surface area contributed by atoms with Crippen LogP contribution in [0.3, 0.4) is 0 Å². The molecule has 0 bridgehead atoms. The van der Waals surface area contributed by atoms with Crippen LogP contribution < -0.4 is 10.6 Å². The van der Waals surface area contributed by atoms with Crippen molar-refractivity contribution in [3.05, 3.63) is 77.3 Å². The molecule has 2 heterocycles. The van der Waals surface area contributed by atoms with Crippen molar-refractivity contribution in [3.8, 4) is 0 Å². The number of nitrogens with one attached hydrogen (secondary N) is 2. The SMILES string of the molecule is O=C(Nc1ccc(Cl)cc1)c1cnc(NCc2cccnc2)nc1. The monoisotopic (exact) mass is 339 g/mol. The van der Waals surface area contributed by atoms with Gasteiger partial charge in [-0.05, 0) is 35.9 Å². The van der Waals surface area contributed by atoms with Gasteiger partial charge in [0.05, 0.1) is 5.56 Å². The second-order valence-corrected chi connectivity index (χ2v) is 5.41. The number of carbonyl (C=O) groups is 1. The highest BCUT2D eigenvalue weighted by molar-refractivity contribution is 6.30. The van der Waals surface area contributed by atoms with Gasteiger partial charge in [0.1, 0.15) is 0 Å². The molecule has 1 aromatic carbocycles. The number of hydrogen-bond donors (Lipinski definition) is 2. The summed E-state index contributed by atoms with van der Waals surface area (Å²) in [6, 6.07) is 10.7. The van der Waals surface area contributed by atoms with Gasteiger partial charge in [0.2, 0.25) is 5.95 Å². The van der Waals surface area contributed by atoms with Gasteiger partial charge in [-0.25, -0.2) is 9.97 Å². The van der Waals surface area contributed by atoms with Crippen LogP contribution in [0.5, 0.6) is 0 Å². The van der Waals surface area contributed by atoms with E-state index in [9.17, 15) is 4.79 Å². The molecule has 0 spiro atoms. The quantitative estimate of drug-likeness (QED) is 0.744. The molecule has 120 valence electrons. The molecule has 2 aromatic heterocycles. The van der Waals surface area contributed by atoms with Crippen molar-refractivity contribution in [1.29, 1.82) is 0 Å². The van der Waals surface area contributed by atoms with Crippen LogP contribution in [0.4, 0.5) is 11.6 Å². The number of aromatic nitrogens is 3. The molecule has 0 atom stereocenters. The summed E-state index contributed by atoms with van der Waals surface area (Å²) in [5, 5.41) is 6.44. The summed E-state index contributed by atoms with van der Waals surface area (Å²) in [5.41, 5.74) is 2.05. The second kappa shape index (κ2) is 7.52. The molecule has 24 heavy (non-hydrogen) atoms. The summed E-state index contributed by atoms with van der Waals surface area (Å²) < 4.78 is 0. The van der Waals surface area contributed by atoms with Crippen LogP contribution in [0.2, 0.25) is 5.02 Å². The van der Waals surface area contributed by atoms with Crippen molar-refractivity contribution in [2.24, 2.45) is 0 Å². The van der Waals surface area contributed by atoms with E-state index in [-0.39, 0.29) is 5.91 Å². The largest absolute Gasteiger partial charge is 0.350 e. The minimum atomic E-state index is -0.281. The van der Waals surface area contributed by atoms with Crippen LogP contribution in [-0.2, 0) is 6.54 Å². The van der Waals surface area contributed by atoms with Gasteiger partial charge in [-0.3, -0.25) is 9.78 Å². The molecule has 1 amide bonds. The van der Waals surface area contributed by atoms with Gasteiger partial charge >= 0.3 is 0 Å². The second-order valence-electron chi connectivity index (χ2n) is 4.97. The number of nitrogens with zero attached hydrogens (tertiary/aromatic N) is 3. The predicted octanol–water partition coefficient (Wildman–Crippen LogP) is 3.39. The van der Waals surface area contributed by atoms with E-state index in [2.05, 4.69) is 25.6 Å². The number of amides is 1. The first-order valence-electron chi connectivity index (χ1n) is 7.22. The maximum atomic E-state index is 12.1. The molecule has 0 unspecified atom stereocenters. The Hall–Kier alpha value is -2.99. The van der Waals surface area contributed by atoms with Crippen LogP contribution in [0.1, 0.15) is 15.9 Å². The van der Waals surface area contributed by atoms with Gasteiger partial charge < -0.3 is 10.6 Å². The lowest BCUT2D eigenvalue weighted by Crippen LogP contribution is -2.13. The Bertz CT molecular complexity index is 807. The molecule has 3 rings (SSSR count). The topological polar surface area (TPSA) is 79.8 Å². The van der Waals surface area contributed by atoms with E-state index in [4.69, 9.17) is 11.6 Å². The number of carbonyl (C=O) groups excluding carboxylic acids is 1. The minimum Gasteiger partial charge on any atom is -0.350 e. The van der Waals surface area contributed by atoms with Crippen molar-refractivity contribution in [1.82, 2.24) is 15.0 Å². The number of anilines is 2. The van der Waals surface area contributed by atoms with Crippen LogP contribution >= 0.6 is 11.6 Å². The van der Waals surface area contributed by atoms with E-state index in [0.717, 1.165) is 5.56 Å². The minimum absolute atomic E-state index is 0.281. The molecule has 0 saturated carbocycles. The summed E-state index contributed by atoms with van der Waals surface area (Å²) in [5.74, 6) is 0.165. The number of pyridine rings is 1. The normalized spacial score (nSPS) is 10.2. The van der Waals surface area contributed by atoms with Crippen molar-refractivity contribution < 1.29 is 4.79 Å². The molecular weight excluding hydrogens is 326 g/mol. The Morgan fingerprint density at radius 3 is 2.46 bits per heavy atom. The molecule has 3 aromatic rings. The molecule has 0 saturated heterocycles. The molecule has 6 nitrogen and oxygen atoms in total. The highest BCUT2D eigenvalue weighted by atomic mass is 35.5. The molecular formula is C17H14ClN5O. The third kappa shape index (κ3) is 4.27. The molecule has 2 N–H and O–H groups in total. The maximum absolute atomic E-state index is 12.1. The Morgan fingerprint density at radius 2 is 1.79 bits per heavy atom. The van der Waals surface area contributed by atoms with Gasteiger partial charge in [-0.1, -0.05) is 17.7 Å². The van der Waals surface area contributed by atoms with Crippen molar-refractivity contribution >= 4 is 29.1 Å². The van der Waals surface area contributed by atoms with Crippen LogP contribution in [0.25, 0.3) is 0 Å². The third-order valence-electron chi connectivity index (χ3n) is 3.19.